The molecule has 0 aliphatic carbocycles. The van der Waals surface area contributed by atoms with Gasteiger partial charge in [0.05, 0.1) is 0 Å². The molecular weight excluding hydrogens is 216 g/mol. The van der Waals surface area contributed by atoms with E-state index in [-0.39, 0.29) is 17.2 Å². The lowest BCUT2D eigenvalue weighted by atomic mass is 10.00. The third-order valence-corrected chi connectivity index (χ3v) is 2.74. The smallest absolute Gasteiger partial charge is 0.123 e. The van der Waals surface area contributed by atoms with Gasteiger partial charge in [0, 0.05) is 11.1 Å². The van der Waals surface area contributed by atoms with Gasteiger partial charge in [0.2, 0.25) is 0 Å². The van der Waals surface area contributed by atoms with Crippen LogP contribution in [0.1, 0.15) is 12.5 Å². The fraction of sp³-hybridized carbons (Fsp3) is 0.143. The Morgan fingerprint density at radius 2 is 1.41 bits per heavy atom. The van der Waals surface area contributed by atoms with E-state index in [9.17, 15) is 15.3 Å². The van der Waals surface area contributed by atoms with Gasteiger partial charge in [-0.15, -0.1) is 0 Å². The van der Waals surface area contributed by atoms with Gasteiger partial charge in [-0.05, 0) is 42.3 Å². The van der Waals surface area contributed by atoms with Crippen LogP contribution in [-0.4, -0.2) is 15.3 Å². The molecule has 0 aliphatic heterocycles. The van der Waals surface area contributed by atoms with Gasteiger partial charge in [0.1, 0.15) is 17.2 Å². The molecule has 3 nitrogen and oxygen atoms in total. The highest BCUT2D eigenvalue weighted by molar-refractivity contribution is 5.76. The van der Waals surface area contributed by atoms with Gasteiger partial charge in [-0.25, -0.2) is 0 Å². The molecule has 2 aromatic rings. The SMILES string of the molecule is CCc1ccc(O)c(-c2cc(O)ccc2O)c1. The Morgan fingerprint density at radius 1 is 0.824 bits per heavy atom. The number of aryl methyl sites for hydroxylation is 1. The second-order valence-electron chi connectivity index (χ2n) is 3.91. The second-order valence-corrected chi connectivity index (χ2v) is 3.91. The molecule has 17 heavy (non-hydrogen) atoms. The molecule has 0 saturated heterocycles. The largest absolute Gasteiger partial charge is 0.508 e. The maximum atomic E-state index is 9.81. The van der Waals surface area contributed by atoms with E-state index >= 15 is 0 Å². The first-order chi connectivity index (χ1) is 8.11. The average molecular weight is 230 g/mol. The maximum absolute atomic E-state index is 9.81. The van der Waals surface area contributed by atoms with E-state index in [0.29, 0.717) is 11.1 Å². The van der Waals surface area contributed by atoms with Crippen LogP contribution in [0.3, 0.4) is 0 Å². The molecule has 3 heteroatoms. The molecule has 0 spiro atoms. The zero-order chi connectivity index (χ0) is 12.4. The molecule has 2 aromatic carbocycles. The van der Waals surface area contributed by atoms with Gasteiger partial charge in [0.25, 0.3) is 0 Å². The van der Waals surface area contributed by atoms with E-state index in [1.807, 2.05) is 19.1 Å². The zero-order valence-electron chi connectivity index (χ0n) is 9.51. The summed E-state index contributed by atoms with van der Waals surface area (Å²) in [5, 5.41) is 29.0. The Hall–Kier alpha value is -2.16. The summed E-state index contributed by atoms with van der Waals surface area (Å²) < 4.78 is 0. The highest BCUT2D eigenvalue weighted by Crippen LogP contribution is 2.37. The van der Waals surface area contributed by atoms with E-state index < -0.39 is 0 Å². The number of hydrogen-bond acceptors (Lipinski definition) is 3. The van der Waals surface area contributed by atoms with Gasteiger partial charge in [-0.3, -0.25) is 0 Å². The van der Waals surface area contributed by atoms with E-state index in [1.165, 1.54) is 18.2 Å². The number of aromatic hydroxyl groups is 3. The molecule has 0 unspecified atom stereocenters. The highest BCUT2D eigenvalue weighted by Gasteiger charge is 2.10. The quantitative estimate of drug-likeness (QED) is 0.695. The molecule has 3 N–H and O–H groups in total. The topological polar surface area (TPSA) is 60.7 Å². The molecule has 0 heterocycles. The summed E-state index contributed by atoms with van der Waals surface area (Å²) in [7, 11) is 0. The van der Waals surface area contributed by atoms with Crippen LogP contribution in [0.2, 0.25) is 0 Å². The van der Waals surface area contributed by atoms with Crippen molar-refractivity contribution in [2.75, 3.05) is 0 Å². The van der Waals surface area contributed by atoms with E-state index in [1.54, 1.807) is 6.07 Å². The van der Waals surface area contributed by atoms with Crippen LogP contribution in [0.4, 0.5) is 0 Å². The van der Waals surface area contributed by atoms with E-state index in [0.717, 1.165) is 12.0 Å². The summed E-state index contributed by atoms with van der Waals surface area (Å²) in [6.07, 6.45) is 0.840. The van der Waals surface area contributed by atoms with Crippen LogP contribution in [0.25, 0.3) is 11.1 Å². The van der Waals surface area contributed by atoms with Gasteiger partial charge < -0.3 is 15.3 Å². The predicted octanol–water partition coefficient (Wildman–Crippen LogP) is 3.03. The Kier molecular flexibility index (Phi) is 2.91. The third kappa shape index (κ3) is 2.18. The minimum atomic E-state index is 0.0337. The number of hydrogen-bond donors (Lipinski definition) is 3. The monoisotopic (exact) mass is 230 g/mol. The lowest BCUT2D eigenvalue weighted by Crippen LogP contribution is -1.85. The summed E-state index contributed by atoms with van der Waals surface area (Å²) in [6, 6.07) is 9.48. The fourth-order valence-corrected chi connectivity index (χ4v) is 1.76. The molecule has 0 fully saturated rings. The van der Waals surface area contributed by atoms with Crippen LogP contribution >= 0.6 is 0 Å². The molecule has 0 aromatic heterocycles. The standard InChI is InChI=1S/C14H14O3/c1-2-9-3-5-13(16)11(7-9)12-8-10(15)4-6-14(12)17/h3-8,15-17H,2H2,1H3. The molecule has 0 atom stereocenters. The maximum Gasteiger partial charge on any atom is 0.123 e. The van der Waals surface area contributed by atoms with Gasteiger partial charge >= 0.3 is 0 Å². The highest BCUT2D eigenvalue weighted by atomic mass is 16.3. The van der Waals surface area contributed by atoms with E-state index in [2.05, 4.69) is 0 Å². The van der Waals surface area contributed by atoms with Crippen LogP contribution < -0.4 is 0 Å². The van der Waals surface area contributed by atoms with Crippen molar-refractivity contribution in [2.24, 2.45) is 0 Å². The summed E-state index contributed by atoms with van der Waals surface area (Å²) >= 11 is 0. The Morgan fingerprint density at radius 3 is 2.06 bits per heavy atom. The first-order valence-corrected chi connectivity index (χ1v) is 5.46. The first-order valence-electron chi connectivity index (χ1n) is 5.46. The minimum absolute atomic E-state index is 0.0337. The first kappa shape index (κ1) is 11.3. The van der Waals surface area contributed by atoms with Crippen LogP contribution in [-0.2, 0) is 6.42 Å². The third-order valence-electron chi connectivity index (χ3n) is 2.74. The molecular formula is C14H14O3. The van der Waals surface area contributed by atoms with Gasteiger partial charge in [0.15, 0.2) is 0 Å². The molecule has 88 valence electrons. The molecule has 0 aliphatic rings. The van der Waals surface area contributed by atoms with Crippen LogP contribution in [0.5, 0.6) is 17.2 Å². The van der Waals surface area contributed by atoms with Crippen molar-refractivity contribution < 1.29 is 15.3 Å². The predicted molar refractivity (Wildman–Crippen MR) is 66.3 cm³/mol. The van der Waals surface area contributed by atoms with Crippen molar-refractivity contribution in [1.29, 1.82) is 0 Å². The van der Waals surface area contributed by atoms with Gasteiger partial charge in [-0.2, -0.15) is 0 Å². The number of phenols is 3. The normalized spacial score (nSPS) is 10.4. The number of phenolic OH excluding ortho intramolecular Hbond substituents is 3. The summed E-state index contributed by atoms with van der Waals surface area (Å²) in [6.45, 7) is 2.01. The lowest BCUT2D eigenvalue weighted by Gasteiger charge is -2.09. The average Bonchev–Trinajstić information content (AvgIpc) is 2.33. The Balaban J connectivity index is 2.62. The molecule has 0 amide bonds. The number of rotatable bonds is 2. The summed E-state index contributed by atoms with van der Waals surface area (Å²) in [5.41, 5.74) is 2.01. The summed E-state index contributed by atoms with van der Waals surface area (Å²) in [5.74, 6) is 0.175. The molecule has 2 rings (SSSR count). The molecule has 0 radical (unpaired) electrons. The van der Waals surface area contributed by atoms with Crippen molar-refractivity contribution in [3.63, 3.8) is 0 Å². The second kappa shape index (κ2) is 4.37. The minimum Gasteiger partial charge on any atom is -0.508 e. The van der Waals surface area contributed by atoms with Crippen molar-refractivity contribution in [3.8, 4) is 28.4 Å². The number of benzene rings is 2. The van der Waals surface area contributed by atoms with Crippen molar-refractivity contribution in [2.45, 2.75) is 13.3 Å². The summed E-state index contributed by atoms with van der Waals surface area (Å²) in [4.78, 5) is 0. The molecule has 0 bridgehead atoms. The van der Waals surface area contributed by atoms with E-state index in [4.69, 9.17) is 0 Å². The zero-order valence-corrected chi connectivity index (χ0v) is 9.51. The Labute approximate surface area is 99.6 Å². The van der Waals surface area contributed by atoms with Gasteiger partial charge in [-0.1, -0.05) is 13.0 Å². The molecule has 0 saturated carbocycles. The van der Waals surface area contributed by atoms with Crippen LogP contribution in [0, 0.1) is 0 Å². The lowest BCUT2D eigenvalue weighted by molar-refractivity contribution is 0.459. The van der Waals surface area contributed by atoms with Crippen molar-refractivity contribution in [1.82, 2.24) is 0 Å². The fourth-order valence-electron chi connectivity index (χ4n) is 1.76. The van der Waals surface area contributed by atoms with Crippen LogP contribution in [0.15, 0.2) is 36.4 Å². The Bertz CT molecular complexity index is 547. The van der Waals surface area contributed by atoms with Crippen molar-refractivity contribution in [3.05, 3.63) is 42.0 Å². The van der Waals surface area contributed by atoms with Crippen molar-refractivity contribution >= 4 is 0 Å².